The summed E-state index contributed by atoms with van der Waals surface area (Å²) < 4.78 is 25.1. The third kappa shape index (κ3) is 6.68. The topological polar surface area (TPSA) is 98.7 Å². The Labute approximate surface area is 247 Å². The molecule has 0 aliphatic carbocycles. The summed E-state index contributed by atoms with van der Waals surface area (Å²) in [7, 11) is 0. The van der Waals surface area contributed by atoms with E-state index in [1.165, 1.54) is 17.0 Å². The SMILES string of the molecule is CC(C)[C@H]1COc2ncc(Cc3ccc(F)cc3)cc2N1C(=O)CN1C[C@@H](C)N(C(=O)O)C[C@@H]1CN1CCOC[C@H]1C. The lowest BCUT2D eigenvalue weighted by Gasteiger charge is -2.47. The van der Waals surface area contributed by atoms with E-state index >= 15 is 0 Å². The van der Waals surface area contributed by atoms with Crippen molar-refractivity contribution in [3.05, 3.63) is 53.5 Å². The molecule has 42 heavy (non-hydrogen) atoms. The van der Waals surface area contributed by atoms with Crippen LogP contribution in [0.25, 0.3) is 0 Å². The Morgan fingerprint density at radius 2 is 1.83 bits per heavy atom. The molecular formula is C31H42FN5O5. The summed E-state index contributed by atoms with van der Waals surface area (Å²) in [5, 5.41) is 9.87. The quantitative estimate of drug-likeness (QED) is 0.530. The Hall–Kier alpha value is -3.28. The van der Waals surface area contributed by atoms with Gasteiger partial charge in [-0.15, -0.1) is 0 Å². The van der Waals surface area contributed by atoms with Crippen molar-refractivity contribution >= 4 is 17.7 Å². The minimum absolute atomic E-state index is 0.0602. The molecule has 0 unspecified atom stereocenters. The van der Waals surface area contributed by atoms with E-state index in [1.807, 2.05) is 17.9 Å². The first-order valence-electron chi connectivity index (χ1n) is 14.8. The zero-order valence-corrected chi connectivity index (χ0v) is 24.9. The molecule has 228 valence electrons. The molecule has 1 aromatic carbocycles. The van der Waals surface area contributed by atoms with E-state index in [2.05, 4.69) is 35.6 Å². The number of hydrogen-bond acceptors (Lipinski definition) is 7. The number of halogens is 1. The molecule has 4 heterocycles. The second-order valence-corrected chi connectivity index (χ2v) is 12.1. The summed E-state index contributed by atoms with van der Waals surface area (Å²) in [4.78, 5) is 38.7. The summed E-state index contributed by atoms with van der Waals surface area (Å²) in [6, 6.07) is 7.99. The summed E-state index contributed by atoms with van der Waals surface area (Å²) in [5.41, 5.74) is 2.48. The van der Waals surface area contributed by atoms with Crippen LogP contribution >= 0.6 is 0 Å². The van der Waals surface area contributed by atoms with Crippen molar-refractivity contribution in [1.29, 1.82) is 0 Å². The number of aromatic nitrogens is 1. The van der Waals surface area contributed by atoms with Crippen molar-refractivity contribution in [2.75, 3.05) is 57.4 Å². The van der Waals surface area contributed by atoms with E-state index in [0.717, 1.165) is 17.7 Å². The number of fused-ring (bicyclic) bond motifs is 1. The van der Waals surface area contributed by atoms with Crippen LogP contribution in [-0.4, -0.2) is 114 Å². The highest BCUT2D eigenvalue weighted by Crippen LogP contribution is 2.36. The van der Waals surface area contributed by atoms with Gasteiger partial charge in [0.15, 0.2) is 0 Å². The largest absolute Gasteiger partial charge is 0.474 e. The predicted octanol–water partition coefficient (Wildman–Crippen LogP) is 3.33. The van der Waals surface area contributed by atoms with Gasteiger partial charge >= 0.3 is 6.09 Å². The number of carbonyl (C=O) groups excluding carboxylic acids is 1. The molecule has 0 saturated carbocycles. The highest BCUT2D eigenvalue weighted by molar-refractivity contribution is 5.97. The van der Waals surface area contributed by atoms with Crippen molar-refractivity contribution in [2.45, 2.75) is 58.3 Å². The summed E-state index contributed by atoms with van der Waals surface area (Å²) in [6.45, 7) is 12.2. The molecule has 2 fully saturated rings. The summed E-state index contributed by atoms with van der Waals surface area (Å²) >= 11 is 0. The maximum Gasteiger partial charge on any atom is 0.407 e. The Balaban J connectivity index is 1.40. The van der Waals surface area contributed by atoms with Crippen molar-refractivity contribution in [3.63, 3.8) is 0 Å². The van der Waals surface area contributed by atoms with Crippen LogP contribution in [0, 0.1) is 11.7 Å². The van der Waals surface area contributed by atoms with Crippen molar-refractivity contribution < 1.29 is 28.6 Å². The standard InChI is InChI=1S/C31H42FN5O5/c1-20(2)28-19-42-30-27(12-24(13-33-30)11-23-5-7-25(32)8-6-23)37(28)29(38)17-35-14-21(3)36(31(39)40)16-26(35)15-34-9-10-41-18-22(34)4/h5-8,12-13,20-22,26,28H,9-11,14-19H2,1-4H3,(H,39,40)/t21-,22-,26+,28-/m1/s1. The molecule has 10 nitrogen and oxygen atoms in total. The number of hydrogen-bond donors (Lipinski definition) is 1. The molecule has 1 aromatic heterocycles. The zero-order valence-electron chi connectivity index (χ0n) is 24.9. The second kappa shape index (κ2) is 12.9. The minimum atomic E-state index is -0.935. The zero-order chi connectivity index (χ0) is 30.0. The second-order valence-electron chi connectivity index (χ2n) is 12.1. The number of piperazine rings is 1. The van der Waals surface area contributed by atoms with Gasteiger partial charge in [0.1, 0.15) is 18.1 Å². The van der Waals surface area contributed by atoms with Crippen LogP contribution in [0.15, 0.2) is 36.5 Å². The fraction of sp³-hybridized carbons (Fsp3) is 0.581. The van der Waals surface area contributed by atoms with Gasteiger partial charge in [-0.2, -0.15) is 0 Å². The highest BCUT2D eigenvalue weighted by atomic mass is 19.1. The number of pyridine rings is 1. The third-order valence-corrected chi connectivity index (χ3v) is 8.72. The smallest absolute Gasteiger partial charge is 0.407 e. The average Bonchev–Trinajstić information content (AvgIpc) is 2.95. The molecular weight excluding hydrogens is 541 g/mol. The van der Waals surface area contributed by atoms with Crippen LogP contribution in [-0.2, 0) is 16.0 Å². The predicted molar refractivity (Wildman–Crippen MR) is 156 cm³/mol. The number of benzene rings is 1. The van der Waals surface area contributed by atoms with Gasteiger partial charge in [0.2, 0.25) is 11.8 Å². The van der Waals surface area contributed by atoms with Gasteiger partial charge in [-0.05, 0) is 55.5 Å². The lowest BCUT2D eigenvalue weighted by Crippen LogP contribution is -2.64. The highest BCUT2D eigenvalue weighted by Gasteiger charge is 2.40. The molecule has 0 radical (unpaired) electrons. The molecule has 1 N–H and O–H groups in total. The Morgan fingerprint density at radius 1 is 1.07 bits per heavy atom. The van der Waals surface area contributed by atoms with Gasteiger partial charge < -0.3 is 19.5 Å². The van der Waals surface area contributed by atoms with Crippen LogP contribution in [0.4, 0.5) is 14.9 Å². The van der Waals surface area contributed by atoms with Gasteiger partial charge in [-0.3, -0.25) is 19.5 Å². The first kappa shape index (κ1) is 30.2. The molecule has 3 aliphatic heterocycles. The van der Waals surface area contributed by atoms with Crippen molar-refractivity contribution in [1.82, 2.24) is 19.7 Å². The molecule has 3 aliphatic rings. The molecule has 0 bridgehead atoms. The summed E-state index contributed by atoms with van der Waals surface area (Å²) in [5.74, 6) is 0.212. The van der Waals surface area contributed by atoms with Crippen molar-refractivity contribution in [2.24, 2.45) is 5.92 Å². The molecule has 0 spiro atoms. The number of ether oxygens (including phenoxy) is 2. The molecule has 4 atom stereocenters. The van der Waals surface area contributed by atoms with Gasteiger partial charge in [-0.1, -0.05) is 26.0 Å². The number of nitrogens with zero attached hydrogens (tertiary/aromatic N) is 5. The number of amides is 2. The first-order chi connectivity index (χ1) is 20.1. The van der Waals surface area contributed by atoms with E-state index in [4.69, 9.17) is 9.47 Å². The van der Waals surface area contributed by atoms with Crippen molar-refractivity contribution in [3.8, 4) is 5.88 Å². The van der Waals surface area contributed by atoms with E-state index in [0.29, 0.717) is 57.4 Å². The van der Waals surface area contributed by atoms with E-state index < -0.39 is 6.09 Å². The van der Waals surface area contributed by atoms with Gasteiger partial charge in [0.05, 0.1) is 25.8 Å². The number of anilines is 1. The Morgan fingerprint density at radius 3 is 2.52 bits per heavy atom. The maximum atomic E-state index is 14.3. The summed E-state index contributed by atoms with van der Waals surface area (Å²) in [6.07, 6.45) is 1.35. The van der Waals surface area contributed by atoms with E-state index in [1.54, 1.807) is 18.3 Å². The van der Waals surface area contributed by atoms with Gasteiger partial charge in [0, 0.05) is 50.5 Å². The average molecular weight is 584 g/mol. The lowest BCUT2D eigenvalue weighted by atomic mass is 9.99. The minimum Gasteiger partial charge on any atom is -0.474 e. The monoisotopic (exact) mass is 583 g/mol. The van der Waals surface area contributed by atoms with Crippen LogP contribution in [0.3, 0.4) is 0 Å². The Bertz CT molecular complexity index is 1260. The van der Waals surface area contributed by atoms with Crippen LogP contribution in [0.1, 0.15) is 38.8 Å². The lowest BCUT2D eigenvalue weighted by molar-refractivity contribution is -0.122. The molecule has 5 rings (SSSR count). The fourth-order valence-corrected chi connectivity index (χ4v) is 6.22. The molecule has 2 amide bonds. The Kier molecular flexibility index (Phi) is 9.29. The molecule has 2 aromatic rings. The van der Waals surface area contributed by atoms with Gasteiger partial charge in [-0.25, -0.2) is 14.2 Å². The van der Waals surface area contributed by atoms with Gasteiger partial charge in [0.25, 0.3) is 0 Å². The van der Waals surface area contributed by atoms with E-state index in [-0.39, 0.29) is 48.4 Å². The fourth-order valence-electron chi connectivity index (χ4n) is 6.22. The number of carbonyl (C=O) groups is 2. The first-order valence-corrected chi connectivity index (χ1v) is 14.8. The van der Waals surface area contributed by atoms with Crippen LogP contribution in [0.2, 0.25) is 0 Å². The number of rotatable bonds is 7. The third-order valence-electron chi connectivity index (χ3n) is 8.72. The maximum absolute atomic E-state index is 14.3. The normalized spacial score (nSPS) is 25.3. The van der Waals surface area contributed by atoms with Crippen LogP contribution in [0.5, 0.6) is 5.88 Å². The number of morpholine rings is 1. The van der Waals surface area contributed by atoms with Crippen LogP contribution < -0.4 is 9.64 Å². The van der Waals surface area contributed by atoms with E-state index in [9.17, 15) is 19.1 Å². The number of carboxylic acid groups (broad SMARTS) is 1. The molecule has 2 saturated heterocycles. The molecule has 11 heteroatoms.